The first-order chi connectivity index (χ1) is 16.3. The van der Waals surface area contributed by atoms with E-state index in [1.54, 1.807) is 20.8 Å². The van der Waals surface area contributed by atoms with E-state index in [1.807, 2.05) is 75.4 Å². The number of ether oxygens (including phenoxy) is 3. The number of hydrogen-bond donors (Lipinski definition) is 2. The third kappa shape index (κ3) is 11.4. The molecule has 0 bridgehead atoms. The number of esters is 1. The van der Waals surface area contributed by atoms with E-state index < -0.39 is 29.6 Å². The molecule has 0 aliphatic carbocycles. The highest BCUT2D eigenvalue weighted by atomic mass is 16.6. The van der Waals surface area contributed by atoms with E-state index in [4.69, 9.17) is 14.2 Å². The number of hydrogen-bond acceptors (Lipinski definition) is 6. The van der Waals surface area contributed by atoms with Gasteiger partial charge in [0.25, 0.3) is 0 Å². The SMILES string of the molecule is CC(C)(C)OC(=O)[C@@H](Cc1ccc(OC(C)(C)C)cc1)NC(=O)CNC(=O)OCc1ccccc1. The van der Waals surface area contributed by atoms with Crippen LogP contribution in [0, 0.1) is 0 Å². The van der Waals surface area contributed by atoms with Gasteiger partial charge in [-0.05, 0) is 64.8 Å². The van der Waals surface area contributed by atoms with E-state index in [9.17, 15) is 14.4 Å². The smallest absolute Gasteiger partial charge is 0.407 e. The molecule has 0 saturated carbocycles. The monoisotopic (exact) mass is 484 g/mol. The Labute approximate surface area is 207 Å². The molecular formula is C27H36N2O6. The lowest BCUT2D eigenvalue weighted by atomic mass is 10.0. The predicted molar refractivity (Wildman–Crippen MR) is 133 cm³/mol. The van der Waals surface area contributed by atoms with Crippen LogP contribution < -0.4 is 15.4 Å². The Bertz CT molecular complexity index is 975. The number of rotatable bonds is 9. The minimum Gasteiger partial charge on any atom is -0.488 e. The Kier molecular flexibility index (Phi) is 9.68. The molecule has 0 aliphatic rings. The minimum absolute atomic E-state index is 0.0871. The summed E-state index contributed by atoms with van der Waals surface area (Å²) >= 11 is 0. The molecule has 0 radical (unpaired) electrons. The predicted octanol–water partition coefficient (Wildman–Crippen LogP) is 4.16. The number of benzene rings is 2. The van der Waals surface area contributed by atoms with Crippen LogP contribution in [-0.2, 0) is 32.1 Å². The maximum Gasteiger partial charge on any atom is 0.407 e. The van der Waals surface area contributed by atoms with Gasteiger partial charge in [0.05, 0.1) is 0 Å². The van der Waals surface area contributed by atoms with E-state index in [0.29, 0.717) is 5.75 Å². The topological polar surface area (TPSA) is 103 Å². The van der Waals surface area contributed by atoms with Crippen LogP contribution in [0.2, 0.25) is 0 Å². The third-order valence-corrected chi connectivity index (χ3v) is 4.42. The largest absolute Gasteiger partial charge is 0.488 e. The molecule has 1 atom stereocenters. The second-order valence-electron chi connectivity index (χ2n) is 10.1. The normalized spacial score (nSPS) is 12.3. The van der Waals surface area contributed by atoms with Gasteiger partial charge in [-0.1, -0.05) is 42.5 Å². The first-order valence-electron chi connectivity index (χ1n) is 11.6. The summed E-state index contributed by atoms with van der Waals surface area (Å²) in [4.78, 5) is 37.2. The molecule has 0 aliphatic heterocycles. The fourth-order valence-corrected chi connectivity index (χ4v) is 3.02. The molecule has 35 heavy (non-hydrogen) atoms. The summed E-state index contributed by atoms with van der Waals surface area (Å²) in [6.07, 6.45) is -0.512. The summed E-state index contributed by atoms with van der Waals surface area (Å²) in [6.45, 7) is 10.9. The van der Waals surface area contributed by atoms with E-state index in [2.05, 4.69) is 10.6 Å². The van der Waals surface area contributed by atoms with Crippen molar-refractivity contribution >= 4 is 18.0 Å². The average Bonchev–Trinajstić information content (AvgIpc) is 2.75. The summed E-state index contributed by atoms with van der Waals surface area (Å²) in [5.41, 5.74) is 0.599. The van der Waals surface area contributed by atoms with Crippen LogP contribution in [0.3, 0.4) is 0 Å². The highest BCUT2D eigenvalue weighted by molar-refractivity contribution is 5.87. The maximum atomic E-state index is 12.8. The van der Waals surface area contributed by atoms with Crippen LogP contribution in [0.15, 0.2) is 54.6 Å². The van der Waals surface area contributed by atoms with Crippen molar-refractivity contribution < 1.29 is 28.6 Å². The second kappa shape index (κ2) is 12.2. The number of amides is 2. The zero-order valence-corrected chi connectivity index (χ0v) is 21.3. The lowest BCUT2D eigenvalue weighted by Gasteiger charge is -2.25. The van der Waals surface area contributed by atoms with Crippen LogP contribution in [0.4, 0.5) is 4.79 Å². The van der Waals surface area contributed by atoms with Crippen molar-refractivity contribution in [2.45, 2.75) is 71.8 Å². The summed E-state index contributed by atoms with van der Waals surface area (Å²) in [6, 6.07) is 15.6. The Hall–Kier alpha value is -3.55. The first-order valence-corrected chi connectivity index (χ1v) is 11.6. The molecule has 0 saturated heterocycles. The van der Waals surface area contributed by atoms with Crippen molar-refractivity contribution in [2.24, 2.45) is 0 Å². The Morgan fingerprint density at radius 2 is 1.46 bits per heavy atom. The summed E-state index contributed by atoms with van der Waals surface area (Å²) < 4.78 is 16.4. The lowest BCUT2D eigenvalue weighted by Crippen LogP contribution is -2.48. The van der Waals surface area contributed by atoms with E-state index in [-0.39, 0.29) is 25.2 Å². The fraction of sp³-hybridized carbons (Fsp3) is 0.444. The Morgan fingerprint density at radius 1 is 0.829 bits per heavy atom. The molecule has 0 spiro atoms. The van der Waals surface area contributed by atoms with Crippen molar-refractivity contribution in [3.63, 3.8) is 0 Å². The Balaban J connectivity index is 1.95. The van der Waals surface area contributed by atoms with Crippen molar-refractivity contribution in [1.82, 2.24) is 10.6 Å². The number of alkyl carbamates (subject to hydrolysis) is 1. The van der Waals surface area contributed by atoms with Crippen molar-refractivity contribution in [1.29, 1.82) is 0 Å². The number of nitrogens with one attached hydrogen (secondary N) is 2. The summed E-state index contributed by atoms with van der Waals surface area (Å²) in [5.74, 6) is -0.393. The lowest BCUT2D eigenvalue weighted by molar-refractivity contribution is -0.158. The van der Waals surface area contributed by atoms with E-state index in [1.165, 1.54) is 0 Å². The van der Waals surface area contributed by atoms with Gasteiger partial charge in [-0.25, -0.2) is 9.59 Å². The molecule has 0 heterocycles. The molecular weight excluding hydrogens is 448 g/mol. The highest BCUT2D eigenvalue weighted by Crippen LogP contribution is 2.19. The van der Waals surface area contributed by atoms with Crippen LogP contribution >= 0.6 is 0 Å². The van der Waals surface area contributed by atoms with Crippen LogP contribution in [-0.4, -0.2) is 41.8 Å². The zero-order valence-electron chi connectivity index (χ0n) is 21.3. The third-order valence-electron chi connectivity index (χ3n) is 4.42. The molecule has 0 aromatic heterocycles. The fourth-order valence-electron chi connectivity index (χ4n) is 3.02. The summed E-state index contributed by atoms with van der Waals surface area (Å²) in [5, 5.41) is 5.05. The zero-order chi connectivity index (χ0) is 26.1. The van der Waals surface area contributed by atoms with Gasteiger partial charge in [0, 0.05) is 6.42 Å². The standard InChI is InChI=1S/C27H36N2O6/c1-26(2,3)34-21-14-12-19(13-15-21)16-22(24(31)35-27(4,5)6)29-23(30)17-28-25(32)33-18-20-10-8-7-9-11-20/h7-15,22H,16-18H2,1-6H3,(H,28,32)(H,29,30)/t22-/m1/s1. The Morgan fingerprint density at radius 3 is 2.03 bits per heavy atom. The molecule has 8 nitrogen and oxygen atoms in total. The highest BCUT2D eigenvalue weighted by Gasteiger charge is 2.27. The molecule has 8 heteroatoms. The van der Waals surface area contributed by atoms with Gasteiger partial charge >= 0.3 is 12.1 Å². The van der Waals surface area contributed by atoms with Crippen molar-refractivity contribution in [3.8, 4) is 5.75 Å². The van der Waals surface area contributed by atoms with Crippen LogP contribution in [0.1, 0.15) is 52.7 Å². The van der Waals surface area contributed by atoms with Crippen molar-refractivity contribution in [2.75, 3.05) is 6.54 Å². The van der Waals surface area contributed by atoms with Gasteiger partial charge in [-0.3, -0.25) is 4.79 Å². The molecule has 2 amide bonds. The van der Waals surface area contributed by atoms with Gasteiger partial charge in [-0.2, -0.15) is 0 Å². The van der Waals surface area contributed by atoms with Crippen LogP contribution in [0.25, 0.3) is 0 Å². The van der Waals surface area contributed by atoms with Gasteiger partial charge < -0.3 is 24.8 Å². The molecule has 0 fully saturated rings. The molecule has 2 aromatic rings. The second-order valence-corrected chi connectivity index (χ2v) is 10.1. The van der Waals surface area contributed by atoms with Gasteiger partial charge in [-0.15, -0.1) is 0 Å². The molecule has 2 aromatic carbocycles. The van der Waals surface area contributed by atoms with Crippen LogP contribution in [0.5, 0.6) is 5.75 Å². The average molecular weight is 485 g/mol. The number of carbonyl (C=O) groups is 3. The van der Waals surface area contributed by atoms with Gasteiger partial charge in [0.2, 0.25) is 5.91 Å². The van der Waals surface area contributed by atoms with E-state index >= 15 is 0 Å². The quantitative estimate of drug-likeness (QED) is 0.518. The first kappa shape index (κ1) is 27.7. The van der Waals surface area contributed by atoms with Gasteiger partial charge in [0.1, 0.15) is 36.1 Å². The molecule has 190 valence electrons. The van der Waals surface area contributed by atoms with Crippen molar-refractivity contribution in [3.05, 3.63) is 65.7 Å². The number of carbonyl (C=O) groups excluding carboxylic acids is 3. The summed E-state index contributed by atoms with van der Waals surface area (Å²) in [7, 11) is 0. The molecule has 2 N–H and O–H groups in total. The molecule has 0 unspecified atom stereocenters. The van der Waals surface area contributed by atoms with E-state index in [0.717, 1.165) is 11.1 Å². The molecule has 2 rings (SSSR count). The van der Waals surface area contributed by atoms with Gasteiger partial charge in [0.15, 0.2) is 0 Å². The minimum atomic E-state index is -0.932. The maximum absolute atomic E-state index is 12.8.